The molecule has 1 fully saturated rings. The molecule has 4 nitrogen and oxygen atoms in total. The van der Waals surface area contributed by atoms with E-state index in [1.807, 2.05) is 12.3 Å². The molecule has 25 heavy (non-hydrogen) atoms. The van der Waals surface area contributed by atoms with Crippen molar-refractivity contribution < 1.29 is 5.11 Å². The molecule has 1 aromatic heterocycles. The van der Waals surface area contributed by atoms with Crippen LogP contribution in [-0.2, 0) is 6.54 Å². The van der Waals surface area contributed by atoms with Gasteiger partial charge in [0.1, 0.15) is 0 Å². The predicted molar refractivity (Wildman–Crippen MR) is 102 cm³/mol. The first kappa shape index (κ1) is 18.1. The van der Waals surface area contributed by atoms with Gasteiger partial charge in [-0.15, -0.1) is 0 Å². The SMILES string of the molecule is Cc1ccc(C)c(C(O)CN2CCN(Cc3ncccc3C)CC2)c1. The van der Waals surface area contributed by atoms with Crippen LogP contribution in [-0.4, -0.2) is 52.6 Å². The molecule has 0 spiro atoms. The molecule has 2 heterocycles. The Labute approximate surface area is 151 Å². The van der Waals surface area contributed by atoms with Crippen molar-refractivity contribution in [1.82, 2.24) is 14.8 Å². The van der Waals surface area contributed by atoms with Gasteiger partial charge < -0.3 is 5.11 Å². The van der Waals surface area contributed by atoms with Crippen molar-refractivity contribution in [3.8, 4) is 0 Å². The zero-order chi connectivity index (χ0) is 17.8. The van der Waals surface area contributed by atoms with Crippen LogP contribution in [0.25, 0.3) is 0 Å². The lowest BCUT2D eigenvalue weighted by Crippen LogP contribution is -2.47. The molecule has 1 unspecified atom stereocenters. The van der Waals surface area contributed by atoms with E-state index in [4.69, 9.17) is 0 Å². The maximum Gasteiger partial charge on any atom is 0.0919 e. The molecule has 134 valence electrons. The number of aromatic nitrogens is 1. The van der Waals surface area contributed by atoms with Crippen LogP contribution in [0.4, 0.5) is 0 Å². The third-order valence-corrected chi connectivity index (χ3v) is 5.18. The molecule has 0 saturated carbocycles. The van der Waals surface area contributed by atoms with Gasteiger partial charge in [0.25, 0.3) is 0 Å². The summed E-state index contributed by atoms with van der Waals surface area (Å²) in [4.78, 5) is 9.33. The molecule has 0 bridgehead atoms. The highest BCUT2D eigenvalue weighted by Crippen LogP contribution is 2.21. The maximum atomic E-state index is 10.7. The number of β-amino-alcohol motifs (C(OH)–C–C–N with tert-alkyl or cyclic N) is 1. The molecule has 1 N–H and O–H groups in total. The fraction of sp³-hybridized carbons (Fsp3) is 0.476. The van der Waals surface area contributed by atoms with E-state index in [0.29, 0.717) is 6.54 Å². The van der Waals surface area contributed by atoms with Gasteiger partial charge in [0, 0.05) is 45.5 Å². The second kappa shape index (κ2) is 8.09. The van der Waals surface area contributed by atoms with Crippen LogP contribution < -0.4 is 0 Å². The van der Waals surface area contributed by atoms with Gasteiger partial charge in [-0.3, -0.25) is 14.8 Å². The minimum atomic E-state index is -0.413. The molecular weight excluding hydrogens is 310 g/mol. The zero-order valence-electron chi connectivity index (χ0n) is 15.6. The lowest BCUT2D eigenvalue weighted by atomic mass is 10.0. The topological polar surface area (TPSA) is 39.6 Å². The van der Waals surface area contributed by atoms with Crippen LogP contribution in [0.2, 0.25) is 0 Å². The summed E-state index contributed by atoms with van der Waals surface area (Å²) in [6.45, 7) is 11.9. The van der Waals surface area contributed by atoms with Gasteiger partial charge in [0.05, 0.1) is 11.8 Å². The molecule has 1 aliphatic rings. The lowest BCUT2D eigenvalue weighted by molar-refractivity contribution is 0.0693. The summed E-state index contributed by atoms with van der Waals surface area (Å²) in [5.74, 6) is 0. The number of hydrogen-bond acceptors (Lipinski definition) is 4. The number of rotatable bonds is 5. The Morgan fingerprint density at radius 1 is 1.00 bits per heavy atom. The van der Waals surface area contributed by atoms with E-state index in [-0.39, 0.29) is 0 Å². The van der Waals surface area contributed by atoms with Gasteiger partial charge >= 0.3 is 0 Å². The fourth-order valence-electron chi connectivity index (χ4n) is 3.49. The minimum Gasteiger partial charge on any atom is -0.387 e. The first-order chi connectivity index (χ1) is 12.0. The van der Waals surface area contributed by atoms with Gasteiger partial charge in [-0.2, -0.15) is 0 Å². The molecule has 1 atom stereocenters. The normalized spacial score (nSPS) is 17.6. The number of hydrogen-bond donors (Lipinski definition) is 1. The highest BCUT2D eigenvalue weighted by atomic mass is 16.3. The second-order valence-corrected chi connectivity index (χ2v) is 7.22. The van der Waals surface area contributed by atoms with E-state index >= 15 is 0 Å². The monoisotopic (exact) mass is 339 g/mol. The Balaban J connectivity index is 1.52. The zero-order valence-corrected chi connectivity index (χ0v) is 15.6. The van der Waals surface area contributed by atoms with Crippen LogP contribution in [0.1, 0.15) is 34.1 Å². The van der Waals surface area contributed by atoms with E-state index in [1.54, 1.807) is 0 Å². The average Bonchev–Trinajstić information content (AvgIpc) is 2.60. The van der Waals surface area contributed by atoms with Gasteiger partial charge in [-0.05, 0) is 43.5 Å². The van der Waals surface area contributed by atoms with Crippen LogP contribution in [0, 0.1) is 20.8 Å². The molecule has 1 aromatic carbocycles. The molecule has 0 radical (unpaired) electrons. The quantitative estimate of drug-likeness (QED) is 0.909. The summed E-state index contributed by atoms with van der Waals surface area (Å²) < 4.78 is 0. The van der Waals surface area contributed by atoms with Crippen molar-refractivity contribution in [3.05, 3.63) is 64.5 Å². The summed E-state index contributed by atoms with van der Waals surface area (Å²) in [5.41, 5.74) is 5.87. The summed E-state index contributed by atoms with van der Waals surface area (Å²) in [7, 11) is 0. The van der Waals surface area contributed by atoms with Crippen molar-refractivity contribution in [2.45, 2.75) is 33.4 Å². The smallest absolute Gasteiger partial charge is 0.0919 e. The number of aryl methyl sites for hydroxylation is 3. The Kier molecular flexibility index (Phi) is 5.84. The second-order valence-electron chi connectivity index (χ2n) is 7.22. The van der Waals surface area contributed by atoms with Gasteiger partial charge in [-0.1, -0.05) is 29.8 Å². The highest BCUT2D eigenvalue weighted by molar-refractivity contribution is 5.32. The average molecular weight is 339 g/mol. The van der Waals surface area contributed by atoms with Gasteiger partial charge in [0.15, 0.2) is 0 Å². The molecular formula is C21H29N3O. The number of pyridine rings is 1. The fourth-order valence-corrected chi connectivity index (χ4v) is 3.49. The highest BCUT2D eigenvalue weighted by Gasteiger charge is 2.21. The minimum absolute atomic E-state index is 0.413. The van der Waals surface area contributed by atoms with E-state index in [2.05, 4.69) is 59.8 Å². The van der Waals surface area contributed by atoms with E-state index < -0.39 is 6.10 Å². The lowest BCUT2D eigenvalue weighted by Gasteiger charge is -2.35. The van der Waals surface area contributed by atoms with Crippen LogP contribution >= 0.6 is 0 Å². The maximum absolute atomic E-state index is 10.7. The summed E-state index contributed by atoms with van der Waals surface area (Å²) in [6.07, 6.45) is 1.46. The van der Waals surface area contributed by atoms with Crippen LogP contribution in [0.15, 0.2) is 36.5 Å². The largest absolute Gasteiger partial charge is 0.387 e. The van der Waals surface area contributed by atoms with Crippen LogP contribution in [0.5, 0.6) is 0 Å². The molecule has 3 rings (SSSR count). The summed E-state index contributed by atoms with van der Waals surface area (Å²) >= 11 is 0. The number of nitrogens with zero attached hydrogens (tertiary/aromatic N) is 3. The van der Waals surface area contributed by atoms with Crippen molar-refractivity contribution >= 4 is 0 Å². The first-order valence-corrected chi connectivity index (χ1v) is 9.13. The van der Waals surface area contributed by atoms with Gasteiger partial charge in [0.2, 0.25) is 0 Å². The third-order valence-electron chi connectivity index (χ3n) is 5.18. The third kappa shape index (κ3) is 4.66. The first-order valence-electron chi connectivity index (χ1n) is 9.13. The van der Waals surface area contributed by atoms with Crippen molar-refractivity contribution in [2.75, 3.05) is 32.7 Å². The number of piperazine rings is 1. The van der Waals surface area contributed by atoms with E-state index in [0.717, 1.165) is 38.3 Å². The molecule has 1 aliphatic heterocycles. The number of aliphatic hydroxyl groups is 1. The van der Waals surface area contributed by atoms with Gasteiger partial charge in [-0.25, -0.2) is 0 Å². The standard InChI is InChI=1S/C21H29N3O/c1-16-6-7-17(2)19(13-16)21(25)15-24-11-9-23(10-12-24)14-20-18(3)5-4-8-22-20/h4-8,13,21,25H,9-12,14-15H2,1-3H3. The molecule has 1 saturated heterocycles. The predicted octanol–water partition coefficient (Wildman–Crippen LogP) is 2.86. The number of aliphatic hydroxyl groups excluding tert-OH is 1. The summed E-state index contributed by atoms with van der Waals surface area (Å²) in [6, 6.07) is 10.4. The van der Waals surface area contributed by atoms with E-state index in [1.165, 1.54) is 22.4 Å². The van der Waals surface area contributed by atoms with Crippen molar-refractivity contribution in [3.63, 3.8) is 0 Å². The van der Waals surface area contributed by atoms with Crippen molar-refractivity contribution in [1.29, 1.82) is 0 Å². The molecule has 0 aliphatic carbocycles. The Morgan fingerprint density at radius 3 is 2.44 bits per heavy atom. The molecule has 0 amide bonds. The Hall–Kier alpha value is -1.75. The number of benzene rings is 1. The molecule has 4 heteroatoms. The Morgan fingerprint density at radius 2 is 1.72 bits per heavy atom. The van der Waals surface area contributed by atoms with Crippen molar-refractivity contribution in [2.24, 2.45) is 0 Å². The summed E-state index contributed by atoms with van der Waals surface area (Å²) in [5, 5.41) is 10.7. The Bertz CT molecular complexity index is 708. The molecule has 2 aromatic rings. The van der Waals surface area contributed by atoms with E-state index in [9.17, 15) is 5.11 Å². The van der Waals surface area contributed by atoms with Crippen LogP contribution in [0.3, 0.4) is 0 Å².